The number of aliphatic hydroxyl groups is 1. The summed E-state index contributed by atoms with van der Waals surface area (Å²) in [6, 6.07) is 16.4. The highest BCUT2D eigenvalue weighted by atomic mass is 16.3. The van der Waals surface area contributed by atoms with Crippen LogP contribution >= 0.6 is 0 Å². The first kappa shape index (κ1) is 11.9. The largest absolute Gasteiger partial charge is 0.396 e. The van der Waals surface area contributed by atoms with Crippen LogP contribution in [0.25, 0.3) is 21.7 Å². The maximum absolute atomic E-state index is 8.87. The second-order valence-corrected chi connectivity index (χ2v) is 4.53. The Morgan fingerprint density at radius 2 is 1.58 bits per heavy atom. The van der Waals surface area contributed by atoms with E-state index >= 15 is 0 Å². The first-order valence-corrected chi connectivity index (χ1v) is 6.52. The summed E-state index contributed by atoms with van der Waals surface area (Å²) in [5, 5.41) is 15.7. The molecule has 0 saturated heterocycles. The van der Waals surface area contributed by atoms with Crippen molar-refractivity contribution in [3.8, 4) is 0 Å². The standard InChI is InChI=1S/C16H16N2O/c19-11-5-10-17-16-14-8-2-1-6-12(14)13-7-3-4-9-15(13)18-16/h1-4,6-9,19H,5,10-11H2,(H,17,18). The van der Waals surface area contributed by atoms with Crippen molar-refractivity contribution in [2.45, 2.75) is 6.42 Å². The number of aliphatic hydroxyl groups excluding tert-OH is 1. The Balaban J connectivity index is 2.18. The number of nitrogens with zero attached hydrogens (tertiary/aromatic N) is 1. The Morgan fingerprint density at radius 1 is 0.895 bits per heavy atom. The molecule has 96 valence electrons. The number of anilines is 1. The van der Waals surface area contributed by atoms with Crippen LogP contribution in [0.4, 0.5) is 5.82 Å². The van der Waals surface area contributed by atoms with E-state index in [1.807, 2.05) is 30.3 Å². The second kappa shape index (κ2) is 5.24. The number of pyridine rings is 1. The lowest BCUT2D eigenvalue weighted by molar-refractivity contribution is 0.292. The van der Waals surface area contributed by atoms with E-state index in [0.717, 1.165) is 29.7 Å². The monoisotopic (exact) mass is 252 g/mol. The van der Waals surface area contributed by atoms with Gasteiger partial charge in [0.15, 0.2) is 0 Å². The predicted octanol–water partition coefficient (Wildman–Crippen LogP) is 3.18. The zero-order chi connectivity index (χ0) is 13.1. The minimum atomic E-state index is 0.193. The quantitative estimate of drug-likeness (QED) is 0.553. The molecule has 2 aromatic carbocycles. The van der Waals surface area contributed by atoms with Crippen LogP contribution in [0.15, 0.2) is 48.5 Å². The molecule has 3 aromatic rings. The van der Waals surface area contributed by atoms with Gasteiger partial charge in [0.25, 0.3) is 0 Å². The number of hydrogen-bond donors (Lipinski definition) is 2. The first-order valence-electron chi connectivity index (χ1n) is 6.52. The molecule has 19 heavy (non-hydrogen) atoms. The molecule has 0 aliphatic rings. The predicted molar refractivity (Wildman–Crippen MR) is 79.4 cm³/mol. The lowest BCUT2D eigenvalue weighted by Gasteiger charge is -2.11. The molecule has 0 unspecified atom stereocenters. The van der Waals surface area contributed by atoms with E-state index in [-0.39, 0.29) is 6.61 Å². The fourth-order valence-corrected chi connectivity index (χ4v) is 2.32. The van der Waals surface area contributed by atoms with Crippen molar-refractivity contribution in [1.29, 1.82) is 0 Å². The highest BCUT2D eigenvalue weighted by molar-refractivity contribution is 6.09. The maximum atomic E-state index is 8.87. The molecule has 1 aromatic heterocycles. The molecule has 0 spiro atoms. The lowest BCUT2D eigenvalue weighted by Crippen LogP contribution is -2.05. The van der Waals surface area contributed by atoms with Gasteiger partial charge < -0.3 is 10.4 Å². The van der Waals surface area contributed by atoms with Crippen LogP contribution in [0, 0.1) is 0 Å². The molecule has 0 aliphatic carbocycles. The Hall–Kier alpha value is -2.13. The van der Waals surface area contributed by atoms with Crippen LogP contribution in [0.2, 0.25) is 0 Å². The van der Waals surface area contributed by atoms with Gasteiger partial charge in [0.05, 0.1) is 5.52 Å². The number of para-hydroxylation sites is 1. The third kappa shape index (κ3) is 2.25. The summed E-state index contributed by atoms with van der Waals surface area (Å²) in [5.41, 5.74) is 0.993. The third-order valence-electron chi connectivity index (χ3n) is 3.24. The van der Waals surface area contributed by atoms with E-state index in [1.165, 1.54) is 10.8 Å². The van der Waals surface area contributed by atoms with Crippen molar-refractivity contribution in [2.75, 3.05) is 18.5 Å². The number of aromatic nitrogens is 1. The van der Waals surface area contributed by atoms with Gasteiger partial charge in [0, 0.05) is 23.9 Å². The topological polar surface area (TPSA) is 45.1 Å². The van der Waals surface area contributed by atoms with Crippen molar-refractivity contribution in [1.82, 2.24) is 4.98 Å². The number of hydrogen-bond acceptors (Lipinski definition) is 3. The van der Waals surface area contributed by atoms with Crippen LogP contribution in [0.3, 0.4) is 0 Å². The molecule has 0 amide bonds. The van der Waals surface area contributed by atoms with Gasteiger partial charge in [-0.2, -0.15) is 0 Å². The van der Waals surface area contributed by atoms with Gasteiger partial charge in [-0.25, -0.2) is 4.98 Å². The lowest BCUT2D eigenvalue weighted by atomic mass is 10.1. The summed E-state index contributed by atoms with van der Waals surface area (Å²) in [5.74, 6) is 0.891. The van der Waals surface area contributed by atoms with Gasteiger partial charge in [0.2, 0.25) is 0 Å². The minimum absolute atomic E-state index is 0.193. The summed E-state index contributed by atoms with van der Waals surface area (Å²) in [6.07, 6.45) is 0.725. The normalized spacial score (nSPS) is 11.0. The van der Waals surface area contributed by atoms with Gasteiger partial charge in [-0.15, -0.1) is 0 Å². The molecule has 0 radical (unpaired) electrons. The average molecular weight is 252 g/mol. The van der Waals surface area contributed by atoms with E-state index in [0.29, 0.717) is 0 Å². The number of nitrogens with one attached hydrogen (secondary N) is 1. The molecule has 0 atom stereocenters. The minimum Gasteiger partial charge on any atom is -0.396 e. The molecule has 3 rings (SSSR count). The fraction of sp³-hybridized carbons (Fsp3) is 0.188. The molecule has 2 N–H and O–H groups in total. The highest BCUT2D eigenvalue weighted by Crippen LogP contribution is 2.28. The summed E-state index contributed by atoms with van der Waals surface area (Å²) < 4.78 is 0. The van der Waals surface area contributed by atoms with Crippen molar-refractivity contribution >= 4 is 27.5 Å². The molecule has 0 saturated carbocycles. The van der Waals surface area contributed by atoms with Crippen LogP contribution in [0.1, 0.15) is 6.42 Å². The average Bonchev–Trinajstić information content (AvgIpc) is 2.47. The van der Waals surface area contributed by atoms with E-state index < -0.39 is 0 Å². The zero-order valence-electron chi connectivity index (χ0n) is 10.6. The highest BCUT2D eigenvalue weighted by Gasteiger charge is 2.06. The van der Waals surface area contributed by atoms with E-state index in [4.69, 9.17) is 5.11 Å². The van der Waals surface area contributed by atoms with Crippen LogP contribution in [-0.2, 0) is 0 Å². The number of rotatable bonds is 4. The molecule has 0 aliphatic heterocycles. The molecular weight excluding hydrogens is 236 g/mol. The van der Waals surface area contributed by atoms with Crippen molar-refractivity contribution in [2.24, 2.45) is 0 Å². The molecule has 3 heteroatoms. The van der Waals surface area contributed by atoms with Crippen molar-refractivity contribution < 1.29 is 5.11 Å². The fourth-order valence-electron chi connectivity index (χ4n) is 2.32. The van der Waals surface area contributed by atoms with Crippen molar-refractivity contribution in [3.05, 3.63) is 48.5 Å². The van der Waals surface area contributed by atoms with Crippen LogP contribution < -0.4 is 5.32 Å². The molecule has 1 heterocycles. The van der Waals surface area contributed by atoms with E-state index in [1.54, 1.807) is 0 Å². The summed E-state index contributed by atoms with van der Waals surface area (Å²) in [6.45, 7) is 0.921. The van der Waals surface area contributed by atoms with E-state index in [2.05, 4.69) is 28.5 Å². The molecule has 0 bridgehead atoms. The first-order chi connectivity index (χ1) is 9.40. The van der Waals surface area contributed by atoms with Crippen molar-refractivity contribution in [3.63, 3.8) is 0 Å². The Kier molecular flexibility index (Phi) is 3.29. The third-order valence-corrected chi connectivity index (χ3v) is 3.24. The Labute approximate surface area is 111 Å². The smallest absolute Gasteiger partial charge is 0.134 e. The maximum Gasteiger partial charge on any atom is 0.134 e. The Morgan fingerprint density at radius 3 is 2.37 bits per heavy atom. The Bertz CT molecular complexity index is 709. The zero-order valence-corrected chi connectivity index (χ0v) is 10.6. The summed E-state index contributed by atoms with van der Waals surface area (Å²) >= 11 is 0. The SMILES string of the molecule is OCCCNc1nc2ccccc2c2ccccc12. The van der Waals surface area contributed by atoms with Gasteiger partial charge >= 0.3 is 0 Å². The van der Waals surface area contributed by atoms with Gasteiger partial charge in [-0.05, 0) is 17.9 Å². The molecule has 3 nitrogen and oxygen atoms in total. The molecular formula is C16H16N2O. The summed E-state index contributed by atoms with van der Waals surface area (Å²) in [7, 11) is 0. The van der Waals surface area contributed by atoms with Gasteiger partial charge in [-0.3, -0.25) is 0 Å². The number of fused-ring (bicyclic) bond motifs is 3. The van der Waals surface area contributed by atoms with Gasteiger partial charge in [0.1, 0.15) is 5.82 Å². The van der Waals surface area contributed by atoms with Crippen LogP contribution in [-0.4, -0.2) is 23.2 Å². The van der Waals surface area contributed by atoms with Gasteiger partial charge in [-0.1, -0.05) is 42.5 Å². The summed E-state index contributed by atoms with van der Waals surface area (Å²) in [4.78, 5) is 4.68. The number of benzene rings is 2. The molecule has 0 fully saturated rings. The second-order valence-electron chi connectivity index (χ2n) is 4.53. The van der Waals surface area contributed by atoms with Crippen LogP contribution in [0.5, 0.6) is 0 Å². The van der Waals surface area contributed by atoms with E-state index in [9.17, 15) is 0 Å².